The van der Waals surface area contributed by atoms with Gasteiger partial charge in [-0.05, 0) is 56.7 Å². The maximum atomic E-state index is 12.4. The van der Waals surface area contributed by atoms with E-state index in [2.05, 4.69) is 15.5 Å². The van der Waals surface area contributed by atoms with Gasteiger partial charge in [-0.1, -0.05) is 17.7 Å². The maximum absolute atomic E-state index is 12.4. The average Bonchev–Trinajstić information content (AvgIpc) is 3.08. The second-order valence-electron chi connectivity index (χ2n) is 6.57. The first-order chi connectivity index (χ1) is 13.9. The van der Waals surface area contributed by atoms with Crippen LogP contribution in [0.5, 0.6) is 5.75 Å². The summed E-state index contributed by atoms with van der Waals surface area (Å²) in [5, 5.41) is 11.2. The number of esters is 1. The van der Waals surface area contributed by atoms with Crippen molar-refractivity contribution in [2.45, 2.75) is 20.8 Å². The van der Waals surface area contributed by atoms with E-state index in [4.69, 9.17) is 9.47 Å². The maximum Gasteiger partial charge on any atom is 0.361 e. The fourth-order valence-corrected chi connectivity index (χ4v) is 2.78. The molecule has 3 rings (SSSR count). The Kier molecular flexibility index (Phi) is 5.92. The van der Waals surface area contributed by atoms with Crippen LogP contribution in [0.4, 0.5) is 5.69 Å². The highest BCUT2D eigenvalue weighted by molar-refractivity contribution is 5.95. The van der Waals surface area contributed by atoms with Crippen molar-refractivity contribution in [3.05, 3.63) is 65.0 Å². The van der Waals surface area contributed by atoms with Crippen molar-refractivity contribution >= 4 is 17.6 Å². The number of carbonyl (C=O) groups excluding carboxylic acids is 2. The number of ether oxygens (including phenoxy) is 2. The summed E-state index contributed by atoms with van der Waals surface area (Å²) in [6.45, 7) is 5.18. The standard InChI is InChI=1S/C21H22N4O4/c1-13-5-10-18(14(2)11-13)25-23-15(3)20(24-25)21(27)29-12-19(26)22-16-6-8-17(28-4)9-7-16/h5-11H,12H2,1-4H3,(H,22,26). The molecule has 2 aromatic carbocycles. The molecule has 0 aliphatic carbocycles. The first-order valence-electron chi connectivity index (χ1n) is 9.00. The van der Waals surface area contributed by atoms with Crippen LogP contribution in [-0.2, 0) is 9.53 Å². The van der Waals surface area contributed by atoms with E-state index < -0.39 is 18.5 Å². The molecule has 29 heavy (non-hydrogen) atoms. The summed E-state index contributed by atoms with van der Waals surface area (Å²) >= 11 is 0. The van der Waals surface area contributed by atoms with Crippen LogP contribution in [0.15, 0.2) is 42.5 Å². The molecule has 0 atom stereocenters. The van der Waals surface area contributed by atoms with Crippen molar-refractivity contribution in [3.63, 3.8) is 0 Å². The smallest absolute Gasteiger partial charge is 0.361 e. The lowest BCUT2D eigenvalue weighted by atomic mass is 10.1. The van der Waals surface area contributed by atoms with E-state index in [0.29, 0.717) is 17.1 Å². The Morgan fingerprint density at radius 3 is 2.41 bits per heavy atom. The molecule has 0 unspecified atom stereocenters. The Balaban J connectivity index is 1.63. The molecule has 1 heterocycles. The van der Waals surface area contributed by atoms with Gasteiger partial charge in [-0.2, -0.15) is 9.90 Å². The highest BCUT2D eigenvalue weighted by Crippen LogP contribution is 2.16. The highest BCUT2D eigenvalue weighted by Gasteiger charge is 2.19. The molecule has 1 aromatic heterocycles. The van der Waals surface area contributed by atoms with Gasteiger partial charge >= 0.3 is 5.97 Å². The molecule has 0 aliphatic rings. The van der Waals surface area contributed by atoms with E-state index in [1.807, 2.05) is 32.0 Å². The van der Waals surface area contributed by atoms with Crippen molar-refractivity contribution in [1.82, 2.24) is 15.0 Å². The zero-order valence-corrected chi connectivity index (χ0v) is 16.7. The molecule has 0 aliphatic heterocycles. The summed E-state index contributed by atoms with van der Waals surface area (Å²) in [7, 11) is 1.56. The second-order valence-corrected chi connectivity index (χ2v) is 6.57. The first kappa shape index (κ1) is 20.1. The molecule has 0 fully saturated rings. The van der Waals surface area contributed by atoms with Gasteiger partial charge in [0.05, 0.1) is 18.5 Å². The van der Waals surface area contributed by atoms with Gasteiger partial charge in [0.2, 0.25) is 0 Å². The molecule has 150 valence electrons. The Morgan fingerprint density at radius 2 is 1.76 bits per heavy atom. The molecule has 0 bridgehead atoms. The van der Waals surface area contributed by atoms with Crippen molar-refractivity contribution in [2.75, 3.05) is 19.0 Å². The van der Waals surface area contributed by atoms with Gasteiger partial charge in [-0.15, -0.1) is 5.10 Å². The minimum atomic E-state index is -0.705. The van der Waals surface area contributed by atoms with Crippen LogP contribution in [-0.4, -0.2) is 40.6 Å². The lowest BCUT2D eigenvalue weighted by Crippen LogP contribution is -2.21. The van der Waals surface area contributed by atoms with Gasteiger partial charge in [-0.3, -0.25) is 4.79 Å². The van der Waals surface area contributed by atoms with Gasteiger partial charge in [0.15, 0.2) is 12.3 Å². The van der Waals surface area contributed by atoms with Crippen LogP contribution in [0.1, 0.15) is 27.3 Å². The number of amides is 1. The molecular formula is C21H22N4O4. The first-order valence-corrected chi connectivity index (χ1v) is 9.00. The quantitative estimate of drug-likeness (QED) is 0.646. The molecule has 8 heteroatoms. The van der Waals surface area contributed by atoms with Crippen LogP contribution >= 0.6 is 0 Å². The number of nitrogens with one attached hydrogen (secondary N) is 1. The summed E-state index contributed by atoms with van der Waals surface area (Å²) < 4.78 is 10.2. The van der Waals surface area contributed by atoms with Crippen LogP contribution in [0.25, 0.3) is 5.69 Å². The molecule has 1 amide bonds. The average molecular weight is 394 g/mol. The number of methoxy groups -OCH3 is 1. The van der Waals surface area contributed by atoms with Gasteiger partial charge in [0.25, 0.3) is 5.91 Å². The number of aromatic nitrogens is 3. The fourth-order valence-electron chi connectivity index (χ4n) is 2.78. The van der Waals surface area contributed by atoms with Crippen molar-refractivity contribution < 1.29 is 19.1 Å². The largest absolute Gasteiger partial charge is 0.497 e. The number of nitrogens with zero attached hydrogens (tertiary/aromatic N) is 3. The molecule has 8 nitrogen and oxygen atoms in total. The normalized spacial score (nSPS) is 10.5. The molecule has 0 spiro atoms. The SMILES string of the molecule is COc1ccc(NC(=O)COC(=O)c2nn(-c3ccc(C)cc3C)nc2C)cc1. The third kappa shape index (κ3) is 4.78. The Hall–Kier alpha value is -3.68. The minimum Gasteiger partial charge on any atom is -0.497 e. The van der Waals surface area contributed by atoms with E-state index in [9.17, 15) is 9.59 Å². The zero-order chi connectivity index (χ0) is 21.0. The molecule has 0 saturated heterocycles. The van der Waals surface area contributed by atoms with Crippen molar-refractivity contribution in [1.29, 1.82) is 0 Å². The van der Waals surface area contributed by atoms with Gasteiger partial charge in [-0.25, -0.2) is 4.79 Å². The molecule has 0 saturated carbocycles. The summed E-state index contributed by atoms with van der Waals surface area (Å²) in [5.41, 5.74) is 3.95. The summed E-state index contributed by atoms with van der Waals surface area (Å²) in [5.74, 6) is -0.483. The number of benzene rings is 2. The van der Waals surface area contributed by atoms with Crippen LogP contribution < -0.4 is 10.1 Å². The van der Waals surface area contributed by atoms with Gasteiger partial charge < -0.3 is 14.8 Å². The highest BCUT2D eigenvalue weighted by atomic mass is 16.5. The lowest BCUT2D eigenvalue weighted by molar-refractivity contribution is -0.119. The van der Waals surface area contributed by atoms with E-state index in [1.54, 1.807) is 38.3 Å². The number of rotatable bonds is 6. The van der Waals surface area contributed by atoms with Crippen LogP contribution in [0.2, 0.25) is 0 Å². The third-order valence-electron chi connectivity index (χ3n) is 4.25. The van der Waals surface area contributed by atoms with E-state index in [0.717, 1.165) is 16.8 Å². The number of carbonyl (C=O) groups is 2. The molecule has 0 radical (unpaired) electrons. The molecule has 3 aromatic rings. The van der Waals surface area contributed by atoms with E-state index >= 15 is 0 Å². The topological polar surface area (TPSA) is 95.3 Å². The summed E-state index contributed by atoms with van der Waals surface area (Å²) in [6, 6.07) is 12.7. The predicted molar refractivity (Wildman–Crippen MR) is 107 cm³/mol. The lowest BCUT2D eigenvalue weighted by Gasteiger charge is -2.07. The van der Waals surface area contributed by atoms with Crippen molar-refractivity contribution in [3.8, 4) is 11.4 Å². The van der Waals surface area contributed by atoms with E-state index in [1.165, 1.54) is 4.80 Å². The van der Waals surface area contributed by atoms with Gasteiger partial charge in [0.1, 0.15) is 5.75 Å². The molecule has 1 N–H and O–H groups in total. The van der Waals surface area contributed by atoms with Crippen LogP contribution in [0.3, 0.4) is 0 Å². The summed E-state index contributed by atoms with van der Waals surface area (Å²) in [4.78, 5) is 25.8. The Bertz CT molecular complexity index is 1040. The number of aryl methyl sites for hydroxylation is 3. The third-order valence-corrected chi connectivity index (χ3v) is 4.25. The Labute approximate surface area is 168 Å². The summed E-state index contributed by atoms with van der Waals surface area (Å²) in [6.07, 6.45) is 0. The Morgan fingerprint density at radius 1 is 1.03 bits per heavy atom. The van der Waals surface area contributed by atoms with Gasteiger partial charge in [0, 0.05) is 5.69 Å². The van der Waals surface area contributed by atoms with E-state index in [-0.39, 0.29) is 5.69 Å². The zero-order valence-electron chi connectivity index (χ0n) is 16.7. The van der Waals surface area contributed by atoms with Crippen LogP contribution in [0, 0.1) is 20.8 Å². The monoisotopic (exact) mass is 394 g/mol. The predicted octanol–water partition coefficient (Wildman–Crippen LogP) is 3.00. The fraction of sp³-hybridized carbons (Fsp3) is 0.238. The van der Waals surface area contributed by atoms with Crippen molar-refractivity contribution in [2.24, 2.45) is 0 Å². The number of hydrogen-bond acceptors (Lipinski definition) is 6. The second kappa shape index (κ2) is 8.55. The minimum absolute atomic E-state index is 0.0715. The number of hydrogen-bond donors (Lipinski definition) is 1. The molecular weight excluding hydrogens is 372 g/mol. The number of anilines is 1.